The van der Waals surface area contributed by atoms with Gasteiger partial charge < -0.3 is 15.8 Å². The minimum atomic E-state index is -0.183. The lowest BCUT2D eigenvalue weighted by Gasteiger charge is -2.13. The number of hydrogen-bond acceptors (Lipinski definition) is 3. The largest absolute Gasteiger partial charge is 0.497 e. The molecule has 0 aliphatic carbocycles. The molecule has 0 fully saturated rings. The molecule has 0 spiro atoms. The van der Waals surface area contributed by atoms with E-state index in [1.165, 1.54) is 0 Å². The molecule has 1 rings (SSSR count). The molecule has 1 amide bonds. The highest BCUT2D eigenvalue weighted by Crippen LogP contribution is 2.15. The first-order chi connectivity index (χ1) is 7.71. The van der Waals surface area contributed by atoms with Gasteiger partial charge in [-0.15, -0.1) is 0 Å². The Bertz CT molecular complexity index is 353. The zero-order chi connectivity index (χ0) is 12.0. The van der Waals surface area contributed by atoms with E-state index in [9.17, 15) is 4.79 Å². The average molecular weight is 222 g/mol. The first-order valence-electron chi connectivity index (χ1n) is 5.25. The third-order valence-corrected chi connectivity index (χ3v) is 2.52. The van der Waals surface area contributed by atoms with E-state index in [-0.39, 0.29) is 11.8 Å². The van der Waals surface area contributed by atoms with Gasteiger partial charge in [0, 0.05) is 13.6 Å². The van der Waals surface area contributed by atoms with Crippen LogP contribution < -0.4 is 15.8 Å². The molecule has 0 saturated heterocycles. The van der Waals surface area contributed by atoms with Crippen LogP contribution in [0.2, 0.25) is 0 Å². The highest BCUT2D eigenvalue weighted by molar-refractivity contribution is 5.78. The summed E-state index contributed by atoms with van der Waals surface area (Å²) in [4.78, 5) is 11.5. The molecule has 0 heterocycles. The van der Waals surface area contributed by atoms with Gasteiger partial charge in [-0.25, -0.2) is 0 Å². The Kier molecular flexibility index (Phi) is 4.79. The number of nitrogens with one attached hydrogen (secondary N) is 1. The molecule has 16 heavy (non-hydrogen) atoms. The molecule has 4 heteroatoms. The molecule has 1 aromatic carbocycles. The number of carbonyl (C=O) groups is 1. The van der Waals surface area contributed by atoms with Crippen molar-refractivity contribution in [2.45, 2.75) is 6.42 Å². The first kappa shape index (κ1) is 12.5. The highest BCUT2D eigenvalue weighted by Gasteiger charge is 2.15. The molecule has 0 aromatic heterocycles. The average Bonchev–Trinajstić information content (AvgIpc) is 2.35. The second kappa shape index (κ2) is 6.12. The maximum Gasteiger partial charge on any atom is 0.224 e. The van der Waals surface area contributed by atoms with Crippen molar-refractivity contribution in [3.05, 3.63) is 29.8 Å². The van der Waals surface area contributed by atoms with Crippen LogP contribution in [0.25, 0.3) is 0 Å². The molecule has 0 aliphatic heterocycles. The van der Waals surface area contributed by atoms with E-state index >= 15 is 0 Å². The van der Waals surface area contributed by atoms with E-state index in [2.05, 4.69) is 5.32 Å². The van der Waals surface area contributed by atoms with Gasteiger partial charge in [-0.2, -0.15) is 0 Å². The Hall–Kier alpha value is -1.55. The molecule has 0 aliphatic rings. The minimum Gasteiger partial charge on any atom is -0.497 e. The predicted molar refractivity (Wildman–Crippen MR) is 63.3 cm³/mol. The quantitative estimate of drug-likeness (QED) is 0.765. The highest BCUT2D eigenvalue weighted by atomic mass is 16.5. The van der Waals surface area contributed by atoms with Gasteiger partial charge in [-0.05, 0) is 24.1 Å². The maximum absolute atomic E-state index is 11.5. The van der Waals surface area contributed by atoms with Crippen LogP contribution in [-0.4, -0.2) is 26.6 Å². The lowest BCUT2D eigenvalue weighted by molar-refractivity contribution is -0.124. The molecule has 1 atom stereocenters. The van der Waals surface area contributed by atoms with E-state index in [1.807, 2.05) is 24.3 Å². The molecule has 1 unspecified atom stereocenters. The third kappa shape index (κ3) is 3.24. The summed E-state index contributed by atoms with van der Waals surface area (Å²) in [6.45, 7) is 0.344. The van der Waals surface area contributed by atoms with Crippen LogP contribution in [0.15, 0.2) is 24.3 Å². The zero-order valence-electron chi connectivity index (χ0n) is 9.69. The summed E-state index contributed by atoms with van der Waals surface area (Å²) in [6.07, 6.45) is 0.632. The number of benzene rings is 1. The monoisotopic (exact) mass is 222 g/mol. The van der Waals surface area contributed by atoms with Gasteiger partial charge in [0.05, 0.1) is 13.0 Å². The van der Waals surface area contributed by atoms with Crippen LogP contribution in [-0.2, 0) is 11.2 Å². The lowest BCUT2D eigenvalue weighted by atomic mass is 9.98. The van der Waals surface area contributed by atoms with Crippen molar-refractivity contribution in [2.75, 3.05) is 20.7 Å². The first-order valence-corrected chi connectivity index (χ1v) is 5.25. The SMILES string of the molecule is CNC(=O)C(CN)Cc1cccc(OC)c1. The van der Waals surface area contributed by atoms with Crippen molar-refractivity contribution in [1.82, 2.24) is 5.32 Å². The van der Waals surface area contributed by atoms with Gasteiger partial charge in [0.25, 0.3) is 0 Å². The van der Waals surface area contributed by atoms with E-state index in [4.69, 9.17) is 10.5 Å². The van der Waals surface area contributed by atoms with Gasteiger partial charge in [0.15, 0.2) is 0 Å². The van der Waals surface area contributed by atoms with Crippen LogP contribution in [0, 0.1) is 5.92 Å². The molecule has 0 radical (unpaired) electrons. The van der Waals surface area contributed by atoms with Gasteiger partial charge >= 0.3 is 0 Å². The topological polar surface area (TPSA) is 64.4 Å². The van der Waals surface area contributed by atoms with E-state index in [0.29, 0.717) is 13.0 Å². The lowest BCUT2D eigenvalue weighted by Crippen LogP contribution is -2.34. The van der Waals surface area contributed by atoms with Gasteiger partial charge in [0.2, 0.25) is 5.91 Å². The predicted octanol–water partition coefficient (Wildman–Crippen LogP) is 0.559. The van der Waals surface area contributed by atoms with Crippen LogP contribution in [0.4, 0.5) is 0 Å². The summed E-state index contributed by atoms with van der Waals surface area (Å²) >= 11 is 0. The number of nitrogens with two attached hydrogens (primary N) is 1. The summed E-state index contributed by atoms with van der Waals surface area (Å²) in [5.41, 5.74) is 6.63. The fraction of sp³-hybridized carbons (Fsp3) is 0.417. The molecule has 0 saturated carbocycles. The van der Waals surface area contributed by atoms with Crippen molar-refractivity contribution in [3.8, 4) is 5.75 Å². The summed E-state index contributed by atoms with van der Waals surface area (Å²) in [7, 11) is 3.24. The molecular formula is C12H18N2O2. The second-order valence-electron chi connectivity index (χ2n) is 3.60. The van der Waals surface area contributed by atoms with Crippen LogP contribution >= 0.6 is 0 Å². The van der Waals surface area contributed by atoms with Gasteiger partial charge in [-0.3, -0.25) is 4.79 Å². The van der Waals surface area contributed by atoms with Crippen molar-refractivity contribution >= 4 is 5.91 Å². The fourth-order valence-electron chi connectivity index (χ4n) is 1.57. The van der Waals surface area contributed by atoms with E-state index in [0.717, 1.165) is 11.3 Å². The number of methoxy groups -OCH3 is 1. The van der Waals surface area contributed by atoms with Crippen molar-refractivity contribution in [3.63, 3.8) is 0 Å². The molecular weight excluding hydrogens is 204 g/mol. The summed E-state index contributed by atoms with van der Waals surface area (Å²) < 4.78 is 5.13. The van der Waals surface area contributed by atoms with Crippen LogP contribution in [0.3, 0.4) is 0 Å². The Balaban J connectivity index is 2.73. The molecule has 3 N–H and O–H groups in total. The zero-order valence-corrected chi connectivity index (χ0v) is 9.69. The van der Waals surface area contributed by atoms with Crippen molar-refractivity contribution < 1.29 is 9.53 Å². The smallest absolute Gasteiger partial charge is 0.224 e. The minimum absolute atomic E-state index is 0.0229. The van der Waals surface area contributed by atoms with E-state index < -0.39 is 0 Å². The maximum atomic E-state index is 11.5. The van der Waals surface area contributed by atoms with Crippen molar-refractivity contribution in [1.29, 1.82) is 0 Å². The summed E-state index contributed by atoms with van der Waals surface area (Å²) in [5, 5.41) is 2.61. The Morgan fingerprint density at radius 3 is 2.88 bits per heavy atom. The Morgan fingerprint density at radius 2 is 2.31 bits per heavy atom. The Morgan fingerprint density at radius 1 is 1.56 bits per heavy atom. The van der Waals surface area contributed by atoms with Crippen LogP contribution in [0.5, 0.6) is 5.75 Å². The summed E-state index contributed by atoms with van der Waals surface area (Å²) in [5.74, 6) is 0.590. The summed E-state index contributed by atoms with van der Waals surface area (Å²) in [6, 6.07) is 7.67. The normalized spacial score (nSPS) is 11.9. The number of hydrogen-bond donors (Lipinski definition) is 2. The Labute approximate surface area is 95.8 Å². The second-order valence-corrected chi connectivity index (χ2v) is 3.60. The standard InChI is InChI=1S/C12H18N2O2/c1-14-12(15)10(8-13)6-9-4-3-5-11(7-9)16-2/h3-5,7,10H,6,8,13H2,1-2H3,(H,14,15). The molecule has 1 aromatic rings. The molecule has 4 nitrogen and oxygen atoms in total. The fourth-order valence-corrected chi connectivity index (χ4v) is 1.57. The van der Waals surface area contributed by atoms with Gasteiger partial charge in [0.1, 0.15) is 5.75 Å². The number of amides is 1. The number of carbonyl (C=O) groups excluding carboxylic acids is 1. The third-order valence-electron chi connectivity index (χ3n) is 2.52. The molecule has 88 valence electrons. The van der Waals surface area contributed by atoms with Crippen LogP contribution in [0.1, 0.15) is 5.56 Å². The van der Waals surface area contributed by atoms with Crippen molar-refractivity contribution in [2.24, 2.45) is 11.7 Å². The molecule has 0 bridgehead atoms. The van der Waals surface area contributed by atoms with E-state index in [1.54, 1.807) is 14.2 Å². The number of ether oxygens (including phenoxy) is 1. The van der Waals surface area contributed by atoms with Gasteiger partial charge in [-0.1, -0.05) is 12.1 Å². The number of rotatable bonds is 5.